The van der Waals surface area contributed by atoms with E-state index in [0.29, 0.717) is 11.9 Å². The van der Waals surface area contributed by atoms with E-state index in [0.717, 1.165) is 26.2 Å². The minimum Gasteiger partial charge on any atom is -0.384 e. The number of hydrogen-bond donors (Lipinski definition) is 2. The zero-order valence-electron chi connectivity index (χ0n) is 9.11. The van der Waals surface area contributed by atoms with Gasteiger partial charge in [-0.3, -0.25) is 4.90 Å². The number of nitrogens with zero attached hydrogens (tertiary/aromatic N) is 2. The van der Waals surface area contributed by atoms with E-state index in [4.69, 9.17) is 5.73 Å². The van der Waals surface area contributed by atoms with Gasteiger partial charge in [-0.15, -0.1) is 0 Å². The molecule has 0 aliphatic carbocycles. The van der Waals surface area contributed by atoms with Crippen LogP contribution in [0.25, 0.3) is 0 Å². The Kier molecular flexibility index (Phi) is 3.18. The molecule has 3 N–H and O–H groups in total. The summed E-state index contributed by atoms with van der Waals surface area (Å²) >= 11 is 0. The summed E-state index contributed by atoms with van der Waals surface area (Å²) in [6, 6.07) is 4.36. The van der Waals surface area contributed by atoms with Crippen LogP contribution in [0.5, 0.6) is 0 Å². The van der Waals surface area contributed by atoms with E-state index >= 15 is 0 Å². The molecule has 1 unspecified atom stereocenters. The topological polar surface area (TPSA) is 54.2 Å². The average molecular weight is 206 g/mol. The van der Waals surface area contributed by atoms with Gasteiger partial charge in [0.05, 0.1) is 0 Å². The van der Waals surface area contributed by atoms with Gasteiger partial charge in [-0.1, -0.05) is 6.07 Å². The molecule has 0 bridgehead atoms. The number of piperazine rings is 1. The van der Waals surface area contributed by atoms with Gasteiger partial charge in [0.15, 0.2) is 0 Å². The van der Waals surface area contributed by atoms with Crippen molar-refractivity contribution >= 4 is 5.82 Å². The van der Waals surface area contributed by atoms with Crippen molar-refractivity contribution in [2.75, 3.05) is 31.9 Å². The summed E-state index contributed by atoms with van der Waals surface area (Å²) in [7, 11) is 0. The van der Waals surface area contributed by atoms with Crippen LogP contribution in [-0.4, -0.2) is 36.1 Å². The fourth-order valence-electron chi connectivity index (χ4n) is 1.94. The molecule has 0 amide bonds. The first-order chi connectivity index (χ1) is 7.27. The van der Waals surface area contributed by atoms with Gasteiger partial charge in [-0.25, -0.2) is 4.98 Å². The monoisotopic (exact) mass is 206 g/mol. The highest BCUT2D eigenvalue weighted by Crippen LogP contribution is 2.19. The lowest BCUT2D eigenvalue weighted by Crippen LogP contribution is -2.44. The number of hydrogen-bond acceptors (Lipinski definition) is 4. The summed E-state index contributed by atoms with van der Waals surface area (Å²) in [4.78, 5) is 6.59. The Morgan fingerprint density at radius 1 is 1.40 bits per heavy atom. The maximum atomic E-state index is 5.57. The predicted molar refractivity (Wildman–Crippen MR) is 61.5 cm³/mol. The zero-order valence-corrected chi connectivity index (χ0v) is 9.11. The number of nitrogens with one attached hydrogen (secondary N) is 1. The van der Waals surface area contributed by atoms with E-state index in [1.165, 1.54) is 5.56 Å². The molecule has 2 rings (SSSR count). The van der Waals surface area contributed by atoms with Gasteiger partial charge in [0, 0.05) is 38.4 Å². The van der Waals surface area contributed by atoms with Gasteiger partial charge < -0.3 is 11.1 Å². The second-order valence-corrected chi connectivity index (χ2v) is 3.98. The molecule has 0 aromatic carbocycles. The molecule has 1 aliphatic heterocycles. The smallest absolute Gasteiger partial charge is 0.123 e. The lowest BCUT2D eigenvalue weighted by Gasteiger charge is -2.32. The van der Waals surface area contributed by atoms with Crippen molar-refractivity contribution in [2.45, 2.75) is 13.0 Å². The minimum atomic E-state index is 0.431. The van der Waals surface area contributed by atoms with Crippen LogP contribution in [-0.2, 0) is 0 Å². The summed E-state index contributed by atoms with van der Waals surface area (Å²) in [6.45, 7) is 6.58. The van der Waals surface area contributed by atoms with Crippen LogP contribution in [0.1, 0.15) is 18.5 Å². The fourth-order valence-corrected chi connectivity index (χ4v) is 1.94. The van der Waals surface area contributed by atoms with Crippen LogP contribution < -0.4 is 11.1 Å². The molecule has 1 fully saturated rings. The molecule has 15 heavy (non-hydrogen) atoms. The van der Waals surface area contributed by atoms with Gasteiger partial charge in [-0.05, 0) is 18.6 Å². The van der Waals surface area contributed by atoms with Crippen molar-refractivity contribution in [3.63, 3.8) is 0 Å². The molecule has 0 spiro atoms. The summed E-state index contributed by atoms with van der Waals surface area (Å²) in [5.74, 6) is 0.589. The standard InChI is InChI=1S/C11H18N4/c1-9(15-6-4-13-5-7-15)10-2-3-11(12)14-8-10/h2-3,8-9,13H,4-7H2,1H3,(H2,12,14). The molecule has 2 heterocycles. The third kappa shape index (κ3) is 2.46. The van der Waals surface area contributed by atoms with Gasteiger partial charge >= 0.3 is 0 Å². The van der Waals surface area contributed by atoms with Crippen LogP contribution in [0.2, 0.25) is 0 Å². The Morgan fingerprint density at radius 2 is 2.13 bits per heavy atom. The molecule has 1 aromatic rings. The summed E-state index contributed by atoms with van der Waals surface area (Å²) in [5.41, 5.74) is 6.81. The van der Waals surface area contributed by atoms with Crippen LogP contribution in [0.15, 0.2) is 18.3 Å². The molecule has 1 atom stereocenters. The van der Waals surface area contributed by atoms with Crippen molar-refractivity contribution in [1.29, 1.82) is 0 Å². The first-order valence-corrected chi connectivity index (χ1v) is 5.43. The molecule has 0 saturated carbocycles. The Labute approximate surface area is 90.5 Å². The molecule has 82 valence electrons. The molecule has 4 nitrogen and oxygen atoms in total. The van der Waals surface area contributed by atoms with Crippen LogP contribution in [0.3, 0.4) is 0 Å². The highest BCUT2D eigenvalue weighted by atomic mass is 15.2. The van der Waals surface area contributed by atoms with Crippen molar-refractivity contribution in [2.24, 2.45) is 0 Å². The quantitative estimate of drug-likeness (QED) is 0.745. The Balaban J connectivity index is 2.05. The van der Waals surface area contributed by atoms with Gasteiger partial charge in [0.2, 0.25) is 0 Å². The van der Waals surface area contributed by atoms with Gasteiger partial charge in [0.1, 0.15) is 5.82 Å². The number of aromatic nitrogens is 1. The van der Waals surface area contributed by atoms with E-state index in [1.807, 2.05) is 12.3 Å². The van der Waals surface area contributed by atoms with Gasteiger partial charge in [-0.2, -0.15) is 0 Å². The molecule has 0 radical (unpaired) electrons. The number of rotatable bonds is 2. The molecule has 4 heteroatoms. The normalized spacial score (nSPS) is 20.1. The molecular formula is C11H18N4. The van der Waals surface area contributed by atoms with E-state index in [1.54, 1.807) is 0 Å². The first-order valence-electron chi connectivity index (χ1n) is 5.43. The van der Waals surface area contributed by atoms with Gasteiger partial charge in [0.25, 0.3) is 0 Å². The summed E-state index contributed by atoms with van der Waals surface area (Å²) in [6.07, 6.45) is 1.88. The Hall–Kier alpha value is -1.13. The van der Waals surface area contributed by atoms with E-state index in [9.17, 15) is 0 Å². The second kappa shape index (κ2) is 4.59. The Morgan fingerprint density at radius 3 is 2.73 bits per heavy atom. The summed E-state index contributed by atoms with van der Waals surface area (Å²) < 4.78 is 0. The van der Waals surface area contributed by atoms with Crippen LogP contribution in [0, 0.1) is 0 Å². The molecule has 1 aromatic heterocycles. The second-order valence-electron chi connectivity index (χ2n) is 3.98. The van der Waals surface area contributed by atoms with Crippen LogP contribution >= 0.6 is 0 Å². The Bertz CT molecular complexity index is 303. The highest BCUT2D eigenvalue weighted by molar-refractivity contribution is 5.30. The SMILES string of the molecule is CC(c1ccc(N)nc1)N1CCNCC1. The molecule has 1 aliphatic rings. The zero-order chi connectivity index (χ0) is 10.7. The lowest BCUT2D eigenvalue weighted by atomic mass is 10.1. The van der Waals surface area contributed by atoms with E-state index in [-0.39, 0.29) is 0 Å². The van der Waals surface area contributed by atoms with Crippen LogP contribution in [0.4, 0.5) is 5.82 Å². The molecular weight excluding hydrogens is 188 g/mol. The third-order valence-electron chi connectivity index (χ3n) is 2.99. The number of nitrogens with two attached hydrogens (primary N) is 1. The molecule has 1 saturated heterocycles. The predicted octanol–water partition coefficient (Wildman–Crippen LogP) is 0.630. The third-order valence-corrected chi connectivity index (χ3v) is 2.99. The maximum absolute atomic E-state index is 5.57. The van der Waals surface area contributed by atoms with Crippen molar-refractivity contribution < 1.29 is 0 Å². The lowest BCUT2D eigenvalue weighted by molar-refractivity contribution is 0.185. The number of anilines is 1. The largest absolute Gasteiger partial charge is 0.384 e. The van der Waals surface area contributed by atoms with E-state index in [2.05, 4.69) is 28.2 Å². The fraction of sp³-hybridized carbons (Fsp3) is 0.545. The van der Waals surface area contributed by atoms with Crippen molar-refractivity contribution in [3.8, 4) is 0 Å². The maximum Gasteiger partial charge on any atom is 0.123 e. The van der Waals surface area contributed by atoms with Crippen molar-refractivity contribution in [1.82, 2.24) is 15.2 Å². The average Bonchev–Trinajstić information content (AvgIpc) is 2.30. The number of pyridine rings is 1. The van der Waals surface area contributed by atoms with E-state index < -0.39 is 0 Å². The highest BCUT2D eigenvalue weighted by Gasteiger charge is 2.17. The summed E-state index contributed by atoms with van der Waals surface area (Å²) in [5, 5.41) is 3.35. The minimum absolute atomic E-state index is 0.431. The van der Waals surface area contributed by atoms with Crippen molar-refractivity contribution in [3.05, 3.63) is 23.9 Å². The number of nitrogen functional groups attached to an aromatic ring is 1. The first kappa shape index (κ1) is 10.4.